The van der Waals surface area contributed by atoms with E-state index in [9.17, 15) is 4.79 Å². The Labute approximate surface area is 101 Å². The van der Waals surface area contributed by atoms with E-state index in [-0.39, 0.29) is 18.6 Å². The summed E-state index contributed by atoms with van der Waals surface area (Å²) in [6, 6.07) is 3.53. The summed E-state index contributed by atoms with van der Waals surface area (Å²) < 4.78 is 0. The molecule has 0 radical (unpaired) electrons. The molecule has 1 aromatic heterocycles. The molecule has 17 heavy (non-hydrogen) atoms. The zero-order chi connectivity index (χ0) is 12.8. The van der Waals surface area contributed by atoms with Gasteiger partial charge in [0.15, 0.2) is 0 Å². The van der Waals surface area contributed by atoms with Gasteiger partial charge < -0.3 is 15.3 Å². The van der Waals surface area contributed by atoms with Gasteiger partial charge in [0, 0.05) is 19.6 Å². The maximum absolute atomic E-state index is 12.1. The van der Waals surface area contributed by atoms with Crippen molar-refractivity contribution in [2.75, 3.05) is 25.5 Å². The molecule has 0 unspecified atom stereocenters. The smallest absolute Gasteiger partial charge is 0.272 e. The number of carbonyl (C=O) groups excluding carboxylic acids is 1. The number of anilines is 1. The summed E-state index contributed by atoms with van der Waals surface area (Å²) in [6.45, 7) is 4.11. The number of aromatic nitrogens is 1. The first kappa shape index (κ1) is 13.4. The van der Waals surface area contributed by atoms with Gasteiger partial charge in [-0.15, -0.1) is 0 Å². The highest BCUT2D eigenvalue weighted by molar-refractivity contribution is 5.92. The molecule has 0 bridgehead atoms. The molecule has 0 atom stereocenters. The highest BCUT2D eigenvalue weighted by atomic mass is 16.3. The third kappa shape index (κ3) is 3.42. The van der Waals surface area contributed by atoms with E-state index < -0.39 is 0 Å². The molecule has 0 spiro atoms. The second kappa shape index (κ2) is 6.20. The molecular formula is C12H19N3O2. The average molecular weight is 237 g/mol. The Morgan fingerprint density at radius 2 is 2.24 bits per heavy atom. The first-order valence-electron chi connectivity index (χ1n) is 5.65. The maximum Gasteiger partial charge on any atom is 0.272 e. The molecule has 5 heteroatoms. The van der Waals surface area contributed by atoms with Crippen LogP contribution in [-0.2, 0) is 0 Å². The number of nitrogens with one attached hydrogen (secondary N) is 1. The fraction of sp³-hybridized carbons (Fsp3) is 0.500. The molecule has 0 aliphatic heterocycles. The Kier molecular flexibility index (Phi) is 4.90. The minimum absolute atomic E-state index is 0.0421. The molecule has 5 nitrogen and oxygen atoms in total. The largest absolute Gasteiger partial charge is 0.395 e. The molecule has 0 saturated heterocycles. The number of hydrogen-bond donors (Lipinski definition) is 2. The maximum atomic E-state index is 12.1. The lowest BCUT2D eigenvalue weighted by molar-refractivity contribution is 0.0659. The van der Waals surface area contributed by atoms with E-state index in [1.165, 1.54) is 0 Å². The van der Waals surface area contributed by atoms with Crippen molar-refractivity contribution in [3.8, 4) is 0 Å². The Bertz CT molecular complexity index is 363. The standard InChI is InChI=1S/C12H19N3O2/c1-9(2)15(6-7-16)12(17)11-5-4-10(13-3)8-14-11/h4-5,8-9,13,16H,6-7H2,1-3H3. The molecular weight excluding hydrogens is 218 g/mol. The van der Waals surface area contributed by atoms with Crippen LogP contribution in [0, 0.1) is 0 Å². The number of carbonyl (C=O) groups is 1. The van der Waals surface area contributed by atoms with E-state index in [4.69, 9.17) is 5.11 Å². The SMILES string of the molecule is CNc1ccc(C(=O)N(CCO)C(C)C)nc1. The van der Waals surface area contributed by atoms with Crippen LogP contribution in [0.5, 0.6) is 0 Å². The number of pyridine rings is 1. The van der Waals surface area contributed by atoms with Gasteiger partial charge in [-0.3, -0.25) is 4.79 Å². The molecule has 2 N–H and O–H groups in total. The third-order valence-corrected chi connectivity index (χ3v) is 2.50. The predicted octanol–water partition coefficient (Wildman–Crippen LogP) is 0.966. The molecule has 1 aromatic rings. The van der Waals surface area contributed by atoms with Crippen LogP contribution in [0.3, 0.4) is 0 Å². The molecule has 94 valence electrons. The number of rotatable bonds is 5. The average Bonchev–Trinajstić information content (AvgIpc) is 2.35. The Morgan fingerprint density at radius 1 is 1.53 bits per heavy atom. The molecule has 0 aliphatic carbocycles. The Balaban J connectivity index is 2.85. The minimum Gasteiger partial charge on any atom is -0.395 e. The lowest BCUT2D eigenvalue weighted by atomic mass is 10.2. The summed E-state index contributed by atoms with van der Waals surface area (Å²) in [5.74, 6) is -0.156. The molecule has 0 saturated carbocycles. The summed E-state index contributed by atoms with van der Waals surface area (Å²) in [5, 5.41) is 11.9. The summed E-state index contributed by atoms with van der Waals surface area (Å²) >= 11 is 0. The highest BCUT2D eigenvalue weighted by Crippen LogP contribution is 2.09. The van der Waals surface area contributed by atoms with E-state index >= 15 is 0 Å². The lowest BCUT2D eigenvalue weighted by Gasteiger charge is -2.25. The quantitative estimate of drug-likeness (QED) is 0.800. The van der Waals surface area contributed by atoms with Crippen LogP contribution in [0.4, 0.5) is 5.69 Å². The predicted molar refractivity (Wildman–Crippen MR) is 67.0 cm³/mol. The van der Waals surface area contributed by atoms with E-state index in [0.717, 1.165) is 5.69 Å². The monoisotopic (exact) mass is 237 g/mol. The van der Waals surface area contributed by atoms with Crippen LogP contribution in [-0.4, -0.2) is 47.1 Å². The van der Waals surface area contributed by atoms with Crippen LogP contribution in [0.2, 0.25) is 0 Å². The van der Waals surface area contributed by atoms with Gasteiger partial charge in [0.1, 0.15) is 5.69 Å². The second-order valence-electron chi connectivity index (χ2n) is 4.00. The number of amides is 1. The number of hydrogen-bond acceptors (Lipinski definition) is 4. The van der Waals surface area contributed by atoms with Gasteiger partial charge in [-0.2, -0.15) is 0 Å². The van der Waals surface area contributed by atoms with Crippen LogP contribution >= 0.6 is 0 Å². The Hall–Kier alpha value is -1.62. The van der Waals surface area contributed by atoms with Crippen molar-refractivity contribution in [2.45, 2.75) is 19.9 Å². The van der Waals surface area contributed by atoms with Gasteiger partial charge in [-0.25, -0.2) is 4.98 Å². The summed E-state index contributed by atoms with van der Waals surface area (Å²) in [6.07, 6.45) is 1.62. The van der Waals surface area contributed by atoms with Crippen molar-refractivity contribution in [1.82, 2.24) is 9.88 Å². The van der Waals surface area contributed by atoms with E-state index in [2.05, 4.69) is 10.3 Å². The molecule has 0 fully saturated rings. The van der Waals surface area contributed by atoms with Crippen molar-refractivity contribution < 1.29 is 9.90 Å². The number of aliphatic hydroxyl groups is 1. The van der Waals surface area contributed by atoms with Gasteiger partial charge in [-0.05, 0) is 26.0 Å². The van der Waals surface area contributed by atoms with Gasteiger partial charge in [0.25, 0.3) is 5.91 Å². The lowest BCUT2D eigenvalue weighted by Crippen LogP contribution is -2.39. The van der Waals surface area contributed by atoms with Gasteiger partial charge >= 0.3 is 0 Å². The van der Waals surface area contributed by atoms with Crippen molar-refractivity contribution >= 4 is 11.6 Å². The molecule has 0 aliphatic rings. The van der Waals surface area contributed by atoms with Crippen molar-refractivity contribution in [3.05, 3.63) is 24.0 Å². The summed E-state index contributed by atoms with van der Waals surface area (Å²) in [5.41, 5.74) is 1.26. The summed E-state index contributed by atoms with van der Waals surface area (Å²) in [4.78, 5) is 17.8. The van der Waals surface area contributed by atoms with Crippen molar-refractivity contribution in [1.29, 1.82) is 0 Å². The number of nitrogens with zero attached hydrogens (tertiary/aromatic N) is 2. The summed E-state index contributed by atoms with van der Waals surface area (Å²) in [7, 11) is 1.80. The third-order valence-electron chi connectivity index (χ3n) is 2.50. The number of aliphatic hydroxyl groups excluding tert-OH is 1. The Morgan fingerprint density at radius 3 is 2.65 bits per heavy atom. The molecule has 0 aromatic carbocycles. The topological polar surface area (TPSA) is 65.5 Å². The highest BCUT2D eigenvalue weighted by Gasteiger charge is 2.18. The first-order valence-corrected chi connectivity index (χ1v) is 5.65. The van der Waals surface area contributed by atoms with E-state index in [0.29, 0.717) is 12.2 Å². The fourth-order valence-electron chi connectivity index (χ4n) is 1.52. The molecule has 1 rings (SSSR count). The zero-order valence-corrected chi connectivity index (χ0v) is 10.5. The van der Waals surface area contributed by atoms with Crippen molar-refractivity contribution in [3.63, 3.8) is 0 Å². The minimum atomic E-state index is -0.156. The molecule has 1 heterocycles. The second-order valence-corrected chi connectivity index (χ2v) is 4.00. The first-order chi connectivity index (χ1) is 8.10. The van der Waals surface area contributed by atoms with E-state index in [1.54, 1.807) is 30.3 Å². The van der Waals surface area contributed by atoms with Gasteiger partial charge in [0.05, 0.1) is 18.5 Å². The molecule has 1 amide bonds. The van der Waals surface area contributed by atoms with Crippen molar-refractivity contribution in [2.24, 2.45) is 0 Å². The fourth-order valence-corrected chi connectivity index (χ4v) is 1.52. The van der Waals surface area contributed by atoms with Gasteiger partial charge in [0.2, 0.25) is 0 Å². The normalized spacial score (nSPS) is 10.4. The van der Waals surface area contributed by atoms with Crippen LogP contribution < -0.4 is 5.32 Å². The van der Waals surface area contributed by atoms with E-state index in [1.807, 2.05) is 13.8 Å². The van der Waals surface area contributed by atoms with Crippen LogP contribution in [0.1, 0.15) is 24.3 Å². The van der Waals surface area contributed by atoms with Gasteiger partial charge in [-0.1, -0.05) is 0 Å². The van der Waals surface area contributed by atoms with Crippen LogP contribution in [0.15, 0.2) is 18.3 Å². The van der Waals surface area contributed by atoms with Crippen LogP contribution in [0.25, 0.3) is 0 Å². The zero-order valence-electron chi connectivity index (χ0n) is 10.5.